The number of hydrogen-bond acceptors (Lipinski definition) is 4. The van der Waals surface area contributed by atoms with E-state index in [1.807, 2.05) is 0 Å². The Bertz CT molecular complexity index is 269. The lowest BCUT2D eigenvalue weighted by Gasteiger charge is -2.19. The molecule has 0 radical (unpaired) electrons. The van der Waals surface area contributed by atoms with Crippen LogP contribution in [0.15, 0.2) is 17.0 Å². The Balaban J connectivity index is 1.58. The van der Waals surface area contributed by atoms with Crippen LogP contribution in [0, 0.1) is 0 Å². The van der Waals surface area contributed by atoms with Crippen LogP contribution in [0.25, 0.3) is 0 Å². The molecule has 0 spiro atoms. The molecule has 1 aromatic rings. The van der Waals surface area contributed by atoms with Gasteiger partial charge in [0.1, 0.15) is 5.76 Å². The van der Waals surface area contributed by atoms with Crippen molar-refractivity contribution in [2.75, 3.05) is 19.6 Å². The Morgan fingerprint density at radius 3 is 3.07 bits per heavy atom. The molecular formula is C11H19N3O. The van der Waals surface area contributed by atoms with Gasteiger partial charge in [0.05, 0.1) is 12.7 Å². The van der Waals surface area contributed by atoms with E-state index < -0.39 is 0 Å². The SMILES string of the molecule is CCN(CCNCc1cnco1)C1CC1. The van der Waals surface area contributed by atoms with Crippen molar-refractivity contribution in [3.05, 3.63) is 18.4 Å². The van der Waals surface area contributed by atoms with Crippen LogP contribution in [0.4, 0.5) is 0 Å². The van der Waals surface area contributed by atoms with E-state index in [1.165, 1.54) is 19.2 Å². The summed E-state index contributed by atoms with van der Waals surface area (Å²) < 4.78 is 5.14. The fraction of sp³-hybridized carbons (Fsp3) is 0.727. The van der Waals surface area contributed by atoms with Gasteiger partial charge >= 0.3 is 0 Å². The van der Waals surface area contributed by atoms with Gasteiger partial charge in [-0.1, -0.05) is 6.92 Å². The summed E-state index contributed by atoms with van der Waals surface area (Å²) in [7, 11) is 0. The van der Waals surface area contributed by atoms with E-state index in [0.717, 1.165) is 38.0 Å². The number of likely N-dealkylation sites (N-methyl/N-ethyl adjacent to an activating group) is 1. The number of oxazole rings is 1. The van der Waals surface area contributed by atoms with Crippen LogP contribution in [-0.4, -0.2) is 35.6 Å². The fourth-order valence-electron chi connectivity index (χ4n) is 1.80. The van der Waals surface area contributed by atoms with Gasteiger partial charge in [-0.15, -0.1) is 0 Å². The highest BCUT2D eigenvalue weighted by Gasteiger charge is 2.26. The lowest BCUT2D eigenvalue weighted by molar-refractivity contribution is 0.275. The van der Waals surface area contributed by atoms with Crippen LogP contribution in [0.5, 0.6) is 0 Å². The standard InChI is InChI=1S/C11H19N3O/c1-2-14(10-3-4-10)6-5-12-7-11-8-13-9-15-11/h8-10,12H,2-7H2,1H3. The van der Waals surface area contributed by atoms with Crippen LogP contribution < -0.4 is 5.32 Å². The third-order valence-electron chi connectivity index (χ3n) is 2.83. The van der Waals surface area contributed by atoms with E-state index in [1.54, 1.807) is 6.20 Å². The quantitative estimate of drug-likeness (QED) is 0.686. The van der Waals surface area contributed by atoms with Crippen LogP contribution in [0.2, 0.25) is 0 Å². The van der Waals surface area contributed by atoms with Crippen molar-refractivity contribution in [1.82, 2.24) is 15.2 Å². The van der Waals surface area contributed by atoms with Gasteiger partial charge in [0.2, 0.25) is 0 Å². The summed E-state index contributed by atoms with van der Waals surface area (Å²) in [6.07, 6.45) is 6.00. The molecule has 0 bridgehead atoms. The molecule has 1 fully saturated rings. The Labute approximate surface area is 90.7 Å². The zero-order valence-corrected chi connectivity index (χ0v) is 9.28. The summed E-state index contributed by atoms with van der Waals surface area (Å²) in [6.45, 7) is 6.33. The van der Waals surface area contributed by atoms with E-state index in [4.69, 9.17) is 4.42 Å². The zero-order chi connectivity index (χ0) is 10.5. The monoisotopic (exact) mass is 209 g/mol. The number of aromatic nitrogens is 1. The minimum Gasteiger partial charge on any atom is -0.447 e. The number of nitrogens with zero attached hydrogens (tertiary/aromatic N) is 2. The summed E-state index contributed by atoms with van der Waals surface area (Å²) in [5.74, 6) is 0.907. The van der Waals surface area contributed by atoms with Crippen LogP contribution in [0.3, 0.4) is 0 Å². The summed E-state index contributed by atoms with van der Waals surface area (Å²) in [5, 5.41) is 3.36. The number of rotatable bonds is 7. The molecule has 2 rings (SSSR count). The highest BCUT2D eigenvalue weighted by Crippen LogP contribution is 2.25. The van der Waals surface area contributed by atoms with E-state index in [2.05, 4.69) is 22.1 Å². The van der Waals surface area contributed by atoms with Crippen molar-refractivity contribution in [1.29, 1.82) is 0 Å². The molecule has 1 saturated carbocycles. The highest BCUT2D eigenvalue weighted by atomic mass is 16.3. The minimum absolute atomic E-state index is 0.780. The summed E-state index contributed by atoms with van der Waals surface area (Å²) in [6, 6.07) is 0.863. The topological polar surface area (TPSA) is 41.3 Å². The zero-order valence-electron chi connectivity index (χ0n) is 9.28. The summed E-state index contributed by atoms with van der Waals surface area (Å²) in [4.78, 5) is 6.41. The molecule has 0 atom stereocenters. The molecule has 84 valence electrons. The predicted molar refractivity (Wildman–Crippen MR) is 58.5 cm³/mol. The van der Waals surface area contributed by atoms with Gasteiger partial charge in [-0.3, -0.25) is 4.90 Å². The van der Waals surface area contributed by atoms with Crippen molar-refractivity contribution in [2.24, 2.45) is 0 Å². The van der Waals surface area contributed by atoms with Crippen LogP contribution in [-0.2, 0) is 6.54 Å². The van der Waals surface area contributed by atoms with Gasteiger partial charge in [0, 0.05) is 19.1 Å². The van der Waals surface area contributed by atoms with Gasteiger partial charge < -0.3 is 9.73 Å². The molecule has 0 aliphatic heterocycles. The van der Waals surface area contributed by atoms with E-state index in [0.29, 0.717) is 0 Å². The van der Waals surface area contributed by atoms with E-state index >= 15 is 0 Å². The normalized spacial score (nSPS) is 16.1. The third-order valence-corrected chi connectivity index (χ3v) is 2.83. The molecule has 4 nitrogen and oxygen atoms in total. The molecule has 0 amide bonds. The third kappa shape index (κ3) is 3.32. The molecule has 1 aliphatic carbocycles. The molecule has 1 N–H and O–H groups in total. The predicted octanol–water partition coefficient (Wildman–Crippen LogP) is 1.25. The number of nitrogens with one attached hydrogen (secondary N) is 1. The maximum atomic E-state index is 5.14. The molecule has 15 heavy (non-hydrogen) atoms. The lowest BCUT2D eigenvalue weighted by Crippen LogP contribution is -2.33. The molecule has 0 saturated heterocycles. The second kappa shape index (κ2) is 5.28. The maximum absolute atomic E-state index is 5.14. The van der Waals surface area contributed by atoms with Gasteiger partial charge in [-0.05, 0) is 19.4 Å². The van der Waals surface area contributed by atoms with Crippen molar-refractivity contribution in [3.8, 4) is 0 Å². The molecule has 1 aliphatic rings. The second-order valence-electron chi connectivity index (χ2n) is 4.00. The van der Waals surface area contributed by atoms with Crippen LogP contribution in [0.1, 0.15) is 25.5 Å². The minimum atomic E-state index is 0.780. The average molecular weight is 209 g/mol. The molecule has 0 unspecified atom stereocenters. The molecule has 1 heterocycles. The molecule has 1 aromatic heterocycles. The van der Waals surface area contributed by atoms with Gasteiger partial charge in [-0.25, -0.2) is 4.98 Å². The van der Waals surface area contributed by atoms with E-state index in [-0.39, 0.29) is 0 Å². The lowest BCUT2D eigenvalue weighted by atomic mass is 10.4. The highest BCUT2D eigenvalue weighted by molar-refractivity contribution is 4.87. The first-order chi connectivity index (χ1) is 7.40. The smallest absolute Gasteiger partial charge is 0.180 e. The second-order valence-corrected chi connectivity index (χ2v) is 4.00. The first-order valence-electron chi connectivity index (χ1n) is 5.72. The number of hydrogen-bond donors (Lipinski definition) is 1. The van der Waals surface area contributed by atoms with Gasteiger partial charge in [0.15, 0.2) is 6.39 Å². The summed E-state index contributed by atoms with van der Waals surface area (Å²) >= 11 is 0. The molecule has 4 heteroatoms. The molecule has 0 aromatic carbocycles. The van der Waals surface area contributed by atoms with Gasteiger partial charge in [-0.2, -0.15) is 0 Å². The van der Waals surface area contributed by atoms with Crippen LogP contribution >= 0.6 is 0 Å². The van der Waals surface area contributed by atoms with Gasteiger partial charge in [0.25, 0.3) is 0 Å². The van der Waals surface area contributed by atoms with Crippen molar-refractivity contribution in [2.45, 2.75) is 32.4 Å². The largest absolute Gasteiger partial charge is 0.447 e. The maximum Gasteiger partial charge on any atom is 0.180 e. The van der Waals surface area contributed by atoms with Crippen molar-refractivity contribution < 1.29 is 4.42 Å². The first kappa shape index (κ1) is 10.6. The Kier molecular flexibility index (Phi) is 3.75. The Morgan fingerprint density at radius 2 is 2.47 bits per heavy atom. The Hall–Kier alpha value is -0.870. The fourth-order valence-corrected chi connectivity index (χ4v) is 1.80. The van der Waals surface area contributed by atoms with Crippen molar-refractivity contribution >= 4 is 0 Å². The van der Waals surface area contributed by atoms with E-state index in [9.17, 15) is 0 Å². The first-order valence-corrected chi connectivity index (χ1v) is 5.72. The molecular weight excluding hydrogens is 190 g/mol. The average Bonchev–Trinajstić information content (AvgIpc) is 2.95. The Morgan fingerprint density at radius 1 is 1.60 bits per heavy atom. The van der Waals surface area contributed by atoms with Crippen molar-refractivity contribution in [3.63, 3.8) is 0 Å². The summed E-state index contributed by atoms with van der Waals surface area (Å²) in [5.41, 5.74) is 0.